The van der Waals surface area contributed by atoms with Crippen molar-refractivity contribution in [1.82, 2.24) is 14.5 Å². The summed E-state index contributed by atoms with van der Waals surface area (Å²) < 4.78 is 7.38. The zero-order valence-electron chi connectivity index (χ0n) is 19.3. The summed E-state index contributed by atoms with van der Waals surface area (Å²) in [5, 5.41) is 5.95. The maximum atomic E-state index is 13.0. The number of nitrogens with one attached hydrogen (secondary N) is 2. The Balaban J connectivity index is 1.27. The molecule has 2 N–H and O–H groups in total. The van der Waals surface area contributed by atoms with Crippen molar-refractivity contribution in [1.29, 1.82) is 0 Å². The monoisotopic (exact) mass is 459 g/mol. The smallest absolute Gasteiger partial charge is 0.273 e. The summed E-state index contributed by atoms with van der Waals surface area (Å²) in [5.41, 5.74) is 4.43. The summed E-state index contributed by atoms with van der Waals surface area (Å²) >= 11 is 0. The second-order valence-electron chi connectivity index (χ2n) is 8.84. The lowest BCUT2D eigenvalue weighted by molar-refractivity contribution is 0.0342. The molecule has 0 saturated carbocycles. The summed E-state index contributed by atoms with van der Waals surface area (Å²) in [6.45, 7) is 6.88. The summed E-state index contributed by atoms with van der Waals surface area (Å²) in [7, 11) is 0. The topological polar surface area (TPSA) is 88.5 Å². The van der Waals surface area contributed by atoms with E-state index in [0.29, 0.717) is 16.9 Å². The summed E-state index contributed by atoms with van der Waals surface area (Å²) in [4.78, 5) is 32.5. The highest BCUT2D eigenvalue weighted by atomic mass is 16.5. The maximum absolute atomic E-state index is 13.0. The van der Waals surface area contributed by atoms with E-state index in [1.54, 1.807) is 18.3 Å². The zero-order valence-corrected chi connectivity index (χ0v) is 19.3. The number of amides is 2. The highest BCUT2D eigenvalue weighted by Gasteiger charge is 2.21. The van der Waals surface area contributed by atoms with Gasteiger partial charge in [-0.15, -0.1) is 0 Å². The molecule has 2 aliphatic heterocycles. The molecule has 3 heterocycles. The summed E-state index contributed by atoms with van der Waals surface area (Å²) in [5.74, 6) is 0.521. The Morgan fingerprint density at radius 1 is 1.03 bits per heavy atom. The van der Waals surface area contributed by atoms with E-state index in [1.807, 2.05) is 35.8 Å². The second kappa shape index (κ2) is 9.79. The Morgan fingerprint density at radius 2 is 1.88 bits per heavy atom. The number of ether oxygens (including phenoxy) is 1. The van der Waals surface area contributed by atoms with Crippen molar-refractivity contribution in [2.75, 3.05) is 36.9 Å². The minimum absolute atomic E-state index is 0.211. The van der Waals surface area contributed by atoms with Gasteiger partial charge in [0, 0.05) is 49.5 Å². The molecular formula is C26H29N5O3. The van der Waals surface area contributed by atoms with Crippen LogP contribution in [0, 0.1) is 6.92 Å². The van der Waals surface area contributed by atoms with Crippen molar-refractivity contribution < 1.29 is 14.3 Å². The second-order valence-corrected chi connectivity index (χ2v) is 8.84. The predicted octanol–water partition coefficient (Wildman–Crippen LogP) is 3.47. The number of benzene rings is 2. The molecule has 0 radical (unpaired) electrons. The molecule has 34 heavy (non-hydrogen) atoms. The standard InChI is InChI=1S/C26H29N5O3/c1-18-7-8-20(15-22(18)29-26(33)23-16-27-24-6-3-9-31(23)24)25(32)28-21-5-2-4-19(14-21)17-30-10-12-34-13-11-30/h2,4-5,7-8,14-16H,3,6,9-13,17H2,1H3,(H,28,32)(H,29,33). The number of hydrogen-bond donors (Lipinski definition) is 2. The number of rotatable bonds is 6. The Hall–Kier alpha value is -3.49. The summed E-state index contributed by atoms with van der Waals surface area (Å²) in [6, 6.07) is 13.3. The lowest BCUT2D eigenvalue weighted by Gasteiger charge is -2.26. The first-order valence-corrected chi connectivity index (χ1v) is 11.7. The maximum Gasteiger partial charge on any atom is 0.273 e. The first kappa shape index (κ1) is 22.3. The number of fused-ring (bicyclic) bond motifs is 1. The zero-order chi connectivity index (χ0) is 23.5. The minimum Gasteiger partial charge on any atom is -0.379 e. The highest BCUT2D eigenvalue weighted by Crippen LogP contribution is 2.22. The molecule has 176 valence electrons. The Morgan fingerprint density at radius 3 is 2.74 bits per heavy atom. The van der Waals surface area contributed by atoms with Crippen LogP contribution in [0.25, 0.3) is 0 Å². The molecule has 2 aliphatic rings. The van der Waals surface area contributed by atoms with Crippen molar-refractivity contribution in [2.45, 2.75) is 32.9 Å². The predicted molar refractivity (Wildman–Crippen MR) is 130 cm³/mol. The van der Waals surface area contributed by atoms with Gasteiger partial charge < -0.3 is 19.9 Å². The molecule has 2 aromatic carbocycles. The number of aromatic nitrogens is 2. The average molecular weight is 460 g/mol. The fraction of sp³-hybridized carbons (Fsp3) is 0.346. The number of carbonyl (C=O) groups is 2. The minimum atomic E-state index is -0.218. The Bertz CT molecular complexity index is 1210. The van der Waals surface area contributed by atoms with E-state index < -0.39 is 0 Å². The first-order chi connectivity index (χ1) is 16.6. The molecule has 0 spiro atoms. The number of nitrogens with zero attached hydrogens (tertiary/aromatic N) is 3. The normalized spacial score (nSPS) is 15.7. The van der Waals surface area contributed by atoms with E-state index in [9.17, 15) is 9.59 Å². The van der Waals surface area contributed by atoms with Gasteiger partial charge in [-0.3, -0.25) is 14.5 Å². The fourth-order valence-electron chi connectivity index (χ4n) is 4.49. The van der Waals surface area contributed by atoms with Gasteiger partial charge in [0.1, 0.15) is 11.5 Å². The van der Waals surface area contributed by atoms with Gasteiger partial charge in [-0.25, -0.2) is 4.98 Å². The molecule has 2 amide bonds. The van der Waals surface area contributed by atoms with Gasteiger partial charge in [0.15, 0.2) is 0 Å². The van der Waals surface area contributed by atoms with Crippen LogP contribution < -0.4 is 10.6 Å². The number of aryl methyl sites for hydroxylation is 2. The van der Waals surface area contributed by atoms with Crippen molar-refractivity contribution >= 4 is 23.2 Å². The van der Waals surface area contributed by atoms with Gasteiger partial charge >= 0.3 is 0 Å². The molecule has 0 aliphatic carbocycles. The van der Waals surface area contributed by atoms with Crippen molar-refractivity contribution in [3.63, 3.8) is 0 Å². The third kappa shape index (κ3) is 4.88. The van der Waals surface area contributed by atoms with Crippen LogP contribution in [0.1, 0.15) is 44.2 Å². The van der Waals surface area contributed by atoms with Crippen LogP contribution in [-0.2, 0) is 24.2 Å². The van der Waals surface area contributed by atoms with Crippen molar-refractivity contribution in [2.24, 2.45) is 0 Å². The third-order valence-corrected chi connectivity index (χ3v) is 6.40. The van der Waals surface area contributed by atoms with Gasteiger partial charge in [-0.05, 0) is 48.7 Å². The molecule has 8 nitrogen and oxygen atoms in total. The van der Waals surface area contributed by atoms with Gasteiger partial charge in [0.05, 0.1) is 19.4 Å². The fourth-order valence-corrected chi connectivity index (χ4v) is 4.49. The largest absolute Gasteiger partial charge is 0.379 e. The van der Waals surface area contributed by atoms with E-state index in [-0.39, 0.29) is 11.8 Å². The van der Waals surface area contributed by atoms with Gasteiger partial charge in [0.2, 0.25) is 0 Å². The molecule has 0 atom stereocenters. The van der Waals surface area contributed by atoms with E-state index >= 15 is 0 Å². The molecule has 1 aromatic heterocycles. The molecular weight excluding hydrogens is 430 g/mol. The molecule has 0 unspecified atom stereocenters. The van der Waals surface area contributed by atoms with Crippen molar-refractivity contribution in [3.05, 3.63) is 76.9 Å². The van der Waals surface area contributed by atoms with Crippen LogP contribution in [0.4, 0.5) is 11.4 Å². The van der Waals surface area contributed by atoms with Crippen molar-refractivity contribution in [3.8, 4) is 0 Å². The highest BCUT2D eigenvalue weighted by molar-refractivity contribution is 6.07. The van der Waals surface area contributed by atoms with Crippen LogP contribution in [0.15, 0.2) is 48.7 Å². The molecule has 1 saturated heterocycles. The Kier molecular flexibility index (Phi) is 6.42. The summed E-state index contributed by atoms with van der Waals surface area (Å²) in [6.07, 6.45) is 3.53. The SMILES string of the molecule is Cc1ccc(C(=O)Nc2cccc(CN3CCOCC3)c2)cc1NC(=O)c1cnc2n1CCC2. The third-order valence-electron chi connectivity index (χ3n) is 6.40. The van der Waals surface area contributed by atoms with Crippen LogP contribution in [0.2, 0.25) is 0 Å². The quantitative estimate of drug-likeness (QED) is 0.589. The van der Waals surface area contributed by atoms with E-state index in [2.05, 4.69) is 26.6 Å². The van der Waals surface area contributed by atoms with Crippen LogP contribution >= 0.6 is 0 Å². The van der Waals surface area contributed by atoms with Gasteiger partial charge in [-0.2, -0.15) is 0 Å². The number of carbonyl (C=O) groups excluding carboxylic acids is 2. The van der Waals surface area contributed by atoms with E-state index in [1.165, 1.54) is 0 Å². The number of anilines is 2. The van der Waals surface area contributed by atoms with Crippen LogP contribution in [-0.4, -0.2) is 52.6 Å². The van der Waals surface area contributed by atoms with Gasteiger partial charge in [0.25, 0.3) is 11.8 Å². The Labute approximate surface area is 198 Å². The van der Waals surface area contributed by atoms with Crippen LogP contribution in [0.5, 0.6) is 0 Å². The first-order valence-electron chi connectivity index (χ1n) is 11.7. The molecule has 3 aromatic rings. The molecule has 0 bridgehead atoms. The average Bonchev–Trinajstić information content (AvgIpc) is 3.45. The lowest BCUT2D eigenvalue weighted by Crippen LogP contribution is -2.35. The number of morpholine rings is 1. The van der Waals surface area contributed by atoms with E-state index in [0.717, 1.165) is 74.9 Å². The van der Waals surface area contributed by atoms with Crippen LogP contribution in [0.3, 0.4) is 0 Å². The number of hydrogen-bond acceptors (Lipinski definition) is 5. The lowest BCUT2D eigenvalue weighted by atomic mass is 10.1. The number of imidazole rings is 1. The molecule has 5 rings (SSSR count). The van der Waals surface area contributed by atoms with Gasteiger partial charge in [-0.1, -0.05) is 18.2 Å². The van der Waals surface area contributed by atoms with E-state index in [4.69, 9.17) is 4.74 Å². The molecule has 1 fully saturated rings. The molecule has 8 heteroatoms.